The summed E-state index contributed by atoms with van der Waals surface area (Å²) >= 11 is 0. The van der Waals surface area contributed by atoms with Gasteiger partial charge in [-0.25, -0.2) is 0 Å². The molecule has 2 atom stereocenters. The van der Waals surface area contributed by atoms with Crippen LogP contribution in [0.15, 0.2) is 0 Å². The van der Waals surface area contributed by atoms with Gasteiger partial charge in [0, 0.05) is 19.0 Å². The Bertz CT molecular complexity index is 294. The molecular weight excluding hydrogens is 198 g/mol. The third kappa shape index (κ3) is 1.87. The van der Waals surface area contributed by atoms with Crippen LogP contribution >= 0.6 is 0 Å². The second-order valence-electron chi connectivity index (χ2n) is 6.82. The molecule has 16 heavy (non-hydrogen) atoms. The second kappa shape index (κ2) is 3.75. The van der Waals surface area contributed by atoms with Crippen molar-refractivity contribution in [1.29, 1.82) is 0 Å². The lowest BCUT2D eigenvalue weighted by Gasteiger charge is -2.41. The number of unbranched alkanes of at least 4 members (excludes halogenated alkanes) is 1. The largest absolute Gasteiger partial charge is 0.339 e. The SMILES string of the molecule is CCCCC(=O)N1C[C@]2(C)C[C@H]1C(C)(C)C2. The van der Waals surface area contributed by atoms with Gasteiger partial charge in [0.05, 0.1) is 0 Å². The number of nitrogens with zero attached hydrogens (tertiary/aromatic N) is 1. The molecular formula is C14H25NO. The van der Waals surface area contributed by atoms with Crippen LogP contribution in [-0.4, -0.2) is 23.4 Å². The molecule has 2 rings (SSSR count). The molecule has 0 unspecified atom stereocenters. The molecule has 1 saturated carbocycles. The minimum absolute atomic E-state index is 0.328. The Kier molecular flexibility index (Phi) is 2.80. The zero-order valence-electron chi connectivity index (χ0n) is 11.2. The van der Waals surface area contributed by atoms with E-state index in [1.807, 2.05) is 0 Å². The molecule has 92 valence electrons. The van der Waals surface area contributed by atoms with E-state index in [0.29, 0.717) is 22.8 Å². The van der Waals surface area contributed by atoms with Crippen molar-refractivity contribution in [2.75, 3.05) is 6.54 Å². The van der Waals surface area contributed by atoms with Crippen molar-refractivity contribution >= 4 is 5.91 Å². The van der Waals surface area contributed by atoms with Gasteiger partial charge in [-0.2, -0.15) is 0 Å². The highest BCUT2D eigenvalue weighted by Gasteiger charge is 2.56. The highest BCUT2D eigenvalue weighted by molar-refractivity contribution is 5.77. The maximum Gasteiger partial charge on any atom is 0.222 e. The lowest BCUT2D eigenvalue weighted by molar-refractivity contribution is -0.136. The van der Waals surface area contributed by atoms with Crippen molar-refractivity contribution in [3.05, 3.63) is 0 Å². The standard InChI is InChI=1S/C14H25NO/c1-5-6-7-12(16)15-10-14(4)8-11(15)13(2,3)9-14/h11H,5-10H2,1-4H3/t11-,14+/m0/s1. The van der Waals surface area contributed by atoms with Crippen LogP contribution in [0, 0.1) is 10.8 Å². The molecule has 2 aliphatic rings. The van der Waals surface area contributed by atoms with Crippen molar-refractivity contribution < 1.29 is 4.79 Å². The van der Waals surface area contributed by atoms with E-state index in [9.17, 15) is 4.79 Å². The van der Waals surface area contributed by atoms with Gasteiger partial charge in [0.1, 0.15) is 0 Å². The number of carbonyl (C=O) groups excluding carboxylic acids is 1. The van der Waals surface area contributed by atoms with Crippen LogP contribution in [-0.2, 0) is 4.79 Å². The summed E-state index contributed by atoms with van der Waals surface area (Å²) in [5, 5.41) is 0. The van der Waals surface area contributed by atoms with E-state index in [2.05, 4.69) is 32.6 Å². The van der Waals surface area contributed by atoms with Gasteiger partial charge in [-0.1, -0.05) is 34.1 Å². The van der Waals surface area contributed by atoms with Gasteiger partial charge in [-0.3, -0.25) is 4.79 Å². The summed E-state index contributed by atoms with van der Waals surface area (Å²) in [7, 11) is 0. The Hall–Kier alpha value is -0.530. The average Bonchev–Trinajstić information content (AvgIpc) is 2.62. The van der Waals surface area contributed by atoms with Crippen molar-refractivity contribution in [3.63, 3.8) is 0 Å². The van der Waals surface area contributed by atoms with Gasteiger partial charge in [0.2, 0.25) is 5.91 Å². The summed E-state index contributed by atoms with van der Waals surface area (Å²) in [6.07, 6.45) is 5.41. The minimum atomic E-state index is 0.328. The monoisotopic (exact) mass is 223 g/mol. The average molecular weight is 223 g/mol. The molecule has 1 heterocycles. The van der Waals surface area contributed by atoms with Crippen LogP contribution in [0.25, 0.3) is 0 Å². The molecule has 0 N–H and O–H groups in total. The first kappa shape index (κ1) is 11.9. The number of carbonyl (C=O) groups is 1. The molecule has 0 aromatic rings. The third-order valence-corrected chi connectivity index (χ3v) is 4.46. The van der Waals surface area contributed by atoms with Crippen molar-refractivity contribution in [2.45, 2.75) is 65.8 Å². The maximum atomic E-state index is 12.2. The van der Waals surface area contributed by atoms with Gasteiger partial charge in [0.25, 0.3) is 0 Å². The number of piperidine rings is 1. The maximum absolute atomic E-state index is 12.2. The predicted molar refractivity (Wildman–Crippen MR) is 66.1 cm³/mol. The highest BCUT2D eigenvalue weighted by atomic mass is 16.2. The minimum Gasteiger partial charge on any atom is -0.339 e. The highest BCUT2D eigenvalue weighted by Crippen LogP contribution is 2.56. The van der Waals surface area contributed by atoms with E-state index in [1.54, 1.807) is 0 Å². The molecule has 2 bridgehead atoms. The quantitative estimate of drug-likeness (QED) is 0.719. The first-order valence-corrected chi connectivity index (χ1v) is 6.67. The van der Waals surface area contributed by atoms with Gasteiger partial charge in [-0.15, -0.1) is 0 Å². The van der Waals surface area contributed by atoms with E-state index >= 15 is 0 Å². The van der Waals surface area contributed by atoms with Crippen molar-refractivity contribution in [3.8, 4) is 0 Å². The fourth-order valence-electron chi connectivity index (χ4n) is 3.94. The Morgan fingerprint density at radius 3 is 2.56 bits per heavy atom. The predicted octanol–water partition coefficient (Wildman–Crippen LogP) is 3.21. The van der Waals surface area contributed by atoms with Crippen molar-refractivity contribution in [1.82, 2.24) is 4.90 Å². The van der Waals surface area contributed by atoms with Crippen molar-refractivity contribution in [2.24, 2.45) is 10.8 Å². The molecule has 1 aliphatic carbocycles. The molecule has 2 nitrogen and oxygen atoms in total. The van der Waals surface area contributed by atoms with E-state index in [0.717, 1.165) is 25.8 Å². The molecule has 2 heteroatoms. The van der Waals surface area contributed by atoms with Gasteiger partial charge < -0.3 is 4.90 Å². The fourth-order valence-corrected chi connectivity index (χ4v) is 3.94. The van der Waals surface area contributed by atoms with Gasteiger partial charge in [0.15, 0.2) is 0 Å². The zero-order chi connectivity index (χ0) is 12.0. The Labute approximate surface area is 99.4 Å². The van der Waals surface area contributed by atoms with Crippen LogP contribution in [0.1, 0.15) is 59.8 Å². The smallest absolute Gasteiger partial charge is 0.222 e. The van der Waals surface area contributed by atoms with Crippen LogP contribution < -0.4 is 0 Å². The molecule has 1 aliphatic heterocycles. The zero-order valence-corrected chi connectivity index (χ0v) is 11.2. The third-order valence-electron chi connectivity index (χ3n) is 4.46. The van der Waals surface area contributed by atoms with E-state index in [1.165, 1.54) is 12.8 Å². The molecule has 1 saturated heterocycles. The summed E-state index contributed by atoms with van der Waals surface area (Å²) in [6, 6.07) is 0.502. The molecule has 0 aromatic carbocycles. The number of amides is 1. The first-order chi connectivity index (χ1) is 7.38. The molecule has 0 radical (unpaired) electrons. The van der Waals surface area contributed by atoms with Crippen LogP contribution in [0.4, 0.5) is 0 Å². The number of fused-ring (bicyclic) bond motifs is 2. The molecule has 0 spiro atoms. The van der Waals surface area contributed by atoms with Gasteiger partial charge >= 0.3 is 0 Å². The first-order valence-electron chi connectivity index (χ1n) is 6.67. The summed E-state index contributed by atoms with van der Waals surface area (Å²) in [4.78, 5) is 14.3. The number of hydrogen-bond acceptors (Lipinski definition) is 1. The summed E-state index contributed by atoms with van der Waals surface area (Å²) < 4.78 is 0. The second-order valence-corrected chi connectivity index (χ2v) is 6.82. The van der Waals surface area contributed by atoms with Crippen LogP contribution in [0.3, 0.4) is 0 Å². The van der Waals surface area contributed by atoms with E-state index in [-0.39, 0.29) is 0 Å². The summed E-state index contributed by atoms with van der Waals surface area (Å²) in [5.74, 6) is 0.392. The van der Waals surface area contributed by atoms with E-state index in [4.69, 9.17) is 0 Å². The van der Waals surface area contributed by atoms with Gasteiger partial charge in [-0.05, 0) is 30.1 Å². The fraction of sp³-hybridized carbons (Fsp3) is 0.929. The van der Waals surface area contributed by atoms with Crippen LogP contribution in [0.2, 0.25) is 0 Å². The molecule has 0 aromatic heterocycles. The van der Waals surface area contributed by atoms with Crippen LogP contribution in [0.5, 0.6) is 0 Å². The summed E-state index contributed by atoms with van der Waals surface area (Å²) in [6.45, 7) is 10.1. The number of rotatable bonds is 3. The lowest BCUT2D eigenvalue weighted by Crippen LogP contribution is -2.47. The number of likely N-dealkylation sites (tertiary alicyclic amines) is 1. The Balaban J connectivity index is 2.06. The summed E-state index contributed by atoms with van der Waals surface area (Å²) in [5.41, 5.74) is 0.727. The van der Waals surface area contributed by atoms with E-state index < -0.39 is 0 Å². The molecule has 2 fully saturated rings. The normalized spacial score (nSPS) is 35.8. The Morgan fingerprint density at radius 2 is 2.06 bits per heavy atom. The lowest BCUT2D eigenvalue weighted by atomic mass is 9.79. The number of hydrogen-bond donors (Lipinski definition) is 0. The topological polar surface area (TPSA) is 20.3 Å². The Morgan fingerprint density at radius 1 is 1.38 bits per heavy atom. The molecule has 1 amide bonds.